The minimum atomic E-state index is -1.00. The van der Waals surface area contributed by atoms with Crippen LogP contribution in [0.2, 0.25) is 0 Å². The van der Waals surface area contributed by atoms with Crippen LogP contribution >= 0.6 is 0 Å². The Balaban J connectivity index is 1.64. The summed E-state index contributed by atoms with van der Waals surface area (Å²) >= 11 is 0. The van der Waals surface area contributed by atoms with Gasteiger partial charge < -0.3 is 14.7 Å². The van der Waals surface area contributed by atoms with Gasteiger partial charge in [0, 0.05) is 37.3 Å². The number of imidazole rings is 1. The van der Waals surface area contributed by atoms with Crippen LogP contribution in [0, 0.1) is 0 Å². The van der Waals surface area contributed by atoms with Crippen molar-refractivity contribution in [2.45, 2.75) is 76.2 Å². The van der Waals surface area contributed by atoms with Crippen LogP contribution < -0.4 is 0 Å². The molecule has 7 heteroatoms. The van der Waals surface area contributed by atoms with E-state index in [1.54, 1.807) is 18.6 Å². The molecular weight excluding hydrogens is 332 g/mol. The zero-order valence-corrected chi connectivity index (χ0v) is 15.6. The summed E-state index contributed by atoms with van der Waals surface area (Å²) in [5, 5.41) is 11.5. The fourth-order valence-corrected chi connectivity index (χ4v) is 4.44. The average Bonchev–Trinajstić information content (AvgIpc) is 2.97. The van der Waals surface area contributed by atoms with Crippen molar-refractivity contribution >= 4 is 11.7 Å². The fourth-order valence-electron chi connectivity index (χ4n) is 4.44. The molecule has 7 nitrogen and oxygen atoms in total. The highest BCUT2D eigenvalue weighted by atomic mass is 16.6. The summed E-state index contributed by atoms with van der Waals surface area (Å²) in [7, 11) is 0. The van der Waals surface area contributed by atoms with Gasteiger partial charge in [0.1, 0.15) is 11.2 Å². The van der Waals surface area contributed by atoms with E-state index < -0.39 is 11.2 Å². The number of carbonyl (C=O) groups excluding carboxylic acids is 1. The van der Waals surface area contributed by atoms with Crippen LogP contribution in [-0.2, 0) is 10.3 Å². The zero-order valence-electron chi connectivity index (χ0n) is 15.6. The van der Waals surface area contributed by atoms with Gasteiger partial charge in [-0.15, -0.1) is 0 Å². The third kappa shape index (κ3) is 2.94. The van der Waals surface area contributed by atoms with Crippen molar-refractivity contribution in [3.8, 4) is 0 Å². The van der Waals surface area contributed by atoms with Gasteiger partial charge in [-0.3, -0.25) is 9.38 Å². The highest BCUT2D eigenvalue weighted by Gasteiger charge is 2.50. The van der Waals surface area contributed by atoms with E-state index >= 15 is 0 Å². The summed E-state index contributed by atoms with van der Waals surface area (Å²) in [4.78, 5) is 23.1. The summed E-state index contributed by atoms with van der Waals surface area (Å²) in [6.45, 7) is 5.65. The Morgan fingerprint density at radius 2 is 1.96 bits per heavy atom. The van der Waals surface area contributed by atoms with Gasteiger partial charge in [-0.2, -0.15) is 0 Å². The maximum Gasteiger partial charge on any atom is 0.410 e. The van der Waals surface area contributed by atoms with Crippen molar-refractivity contribution < 1.29 is 14.6 Å². The molecule has 0 aliphatic carbocycles. The SMILES string of the molecule is CC(C)(C)OC(=O)N1C2CCCC1CC(O)(c1cnc3cnccn13)C2. The fraction of sp³-hybridized carbons (Fsp3) is 0.632. The molecular formula is C19H26N4O3. The van der Waals surface area contributed by atoms with Crippen molar-refractivity contribution in [3.05, 3.63) is 30.5 Å². The predicted octanol–water partition coefficient (Wildman–Crippen LogP) is 2.87. The summed E-state index contributed by atoms with van der Waals surface area (Å²) in [5.74, 6) is 0. The summed E-state index contributed by atoms with van der Waals surface area (Å²) in [5.41, 5.74) is -0.0330. The highest BCUT2D eigenvalue weighted by Crippen LogP contribution is 2.44. The number of rotatable bonds is 1. The second-order valence-corrected chi connectivity index (χ2v) is 8.51. The Hall–Kier alpha value is -2.15. The van der Waals surface area contributed by atoms with E-state index in [2.05, 4.69) is 9.97 Å². The minimum Gasteiger partial charge on any atom is -0.444 e. The first-order chi connectivity index (χ1) is 12.3. The second-order valence-electron chi connectivity index (χ2n) is 8.51. The van der Waals surface area contributed by atoms with E-state index in [0.717, 1.165) is 30.6 Å². The van der Waals surface area contributed by atoms with E-state index in [9.17, 15) is 9.90 Å². The zero-order chi connectivity index (χ0) is 18.5. The molecule has 1 amide bonds. The number of amides is 1. The molecule has 4 rings (SSSR count). The van der Waals surface area contributed by atoms with Gasteiger partial charge in [-0.1, -0.05) is 0 Å². The Bertz CT molecular complexity index is 812. The van der Waals surface area contributed by atoms with Crippen molar-refractivity contribution in [3.63, 3.8) is 0 Å². The number of fused-ring (bicyclic) bond motifs is 3. The number of ether oxygens (including phenoxy) is 1. The lowest BCUT2D eigenvalue weighted by Gasteiger charge is -2.51. The van der Waals surface area contributed by atoms with Crippen molar-refractivity contribution in [2.75, 3.05) is 0 Å². The van der Waals surface area contributed by atoms with Crippen molar-refractivity contribution in [2.24, 2.45) is 0 Å². The topological polar surface area (TPSA) is 80.0 Å². The molecule has 2 unspecified atom stereocenters. The third-order valence-corrected chi connectivity index (χ3v) is 5.41. The van der Waals surface area contributed by atoms with Gasteiger partial charge in [0.05, 0.1) is 18.1 Å². The van der Waals surface area contributed by atoms with Crippen LogP contribution in [0.4, 0.5) is 4.79 Å². The maximum absolute atomic E-state index is 12.7. The molecule has 0 radical (unpaired) electrons. The van der Waals surface area contributed by atoms with E-state index in [0.29, 0.717) is 12.8 Å². The number of aromatic nitrogens is 3. The number of carbonyl (C=O) groups is 1. The van der Waals surface area contributed by atoms with Gasteiger partial charge >= 0.3 is 6.09 Å². The molecule has 2 aromatic heterocycles. The summed E-state index contributed by atoms with van der Waals surface area (Å²) in [6.07, 6.45) is 10.5. The van der Waals surface area contributed by atoms with Crippen LogP contribution in [0.5, 0.6) is 0 Å². The highest BCUT2D eigenvalue weighted by molar-refractivity contribution is 5.69. The number of nitrogens with zero attached hydrogens (tertiary/aromatic N) is 4. The Labute approximate surface area is 153 Å². The summed E-state index contributed by atoms with van der Waals surface area (Å²) in [6, 6.07) is -0.0375. The standard InChI is InChI=1S/C19H26N4O3/c1-18(2,3)26-17(24)23-13-5-4-6-14(23)10-19(25,9-13)15-11-21-16-12-20-7-8-22(15)16/h7-8,11-14,25H,4-6,9-10H2,1-3H3. The molecule has 4 heterocycles. The predicted molar refractivity (Wildman–Crippen MR) is 95.6 cm³/mol. The summed E-state index contributed by atoms with van der Waals surface area (Å²) < 4.78 is 7.52. The van der Waals surface area contributed by atoms with Crippen molar-refractivity contribution in [1.29, 1.82) is 0 Å². The molecule has 2 saturated heterocycles. The smallest absolute Gasteiger partial charge is 0.410 e. The van der Waals surface area contributed by atoms with Gasteiger partial charge in [0.15, 0.2) is 5.65 Å². The number of hydrogen-bond donors (Lipinski definition) is 1. The number of piperidine rings is 2. The second kappa shape index (κ2) is 5.94. The molecule has 140 valence electrons. The van der Waals surface area contributed by atoms with Crippen molar-refractivity contribution in [1.82, 2.24) is 19.3 Å². The largest absolute Gasteiger partial charge is 0.444 e. The van der Waals surface area contributed by atoms with Crippen LogP contribution in [0.3, 0.4) is 0 Å². The van der Waals surface area contributed by atoms with Gasteiger partial charge in [-0.05, 0) is 40.0 Å². The van der Waals surface area contributed by atoms with Crippen LogP contribution in [0.15, 0.2) is 24.8 Å². The maximum atomic E-state index is 12.7. The van der Waals surface area contributed by atoms with Gasteiger partial charge in [0.25, 0.3) is 0 Å². The number of aliphatic hydroxyl groups is 1. The monoisotopic (exact) mass is 358 g/mol. The van der Waals surface area contributed by atoms with Crippen LogP contribution in [-0.4, -0.2) is 48.2 Å². The van der Waals surface area contributed by atoms with Crippen LogP contribution in [0.25, 0.3) is 5.65 Å². The van der Waals surface area contributed by atoms with Crippen LogP contribution in [0.1, 0.15) is 58.6 Å². The Kier molecular flexibility index (Phi) is 3.95. The van der Waals surface area contributed by atoms with E-state index in [-0.39, 0.29) is 18.2 Å². The quantitative estimate of drug-likeness (QED) is 0.848. The lowest BCUT2D eigenvalue weighted by molar-refractivity contribution is -0.0988. The van der Waals surface area contributed by atoms with Gasteiger partial charge in [-0.25, -0.2) is 9.78 Å². The molecule has 2 aliphatic heterocycles. The molecule has 26 heavy (non-hydrogen) atoms. The average molecular weight is 358 g/mol. The third-order valence-electron chi connectivity index (χ3n) is 5.41. The first-order valence-corrected chi connectivity index (χ1v) is 9.28. The minimum absolute atomic E-state index is 0.0188. The first kappa shape index (κ1) is 17.3. The molecule has 2 fully saturated rings. The molecule has 1 N–H and O–H groups in total. The lowest BCUT2D eigenvalue weighted by Crippen LogP contribution is -2.59. The molecule has 2 bridgehead atoms. The van der Waals surface area contributed by atoms with Gasteiger partial charge in [0.2, 0.25) is 0 Å². The molecule has 0 aromatic carbocycles. The molecule has 2 aromatic rings. The van der Waals surface area contributed by atoms with E-state index in [1.165, 1.54) is 0 Å². The lowest BCUT2D eigenvalue weighted by atomic mass is 9.74. The molecule has 0 spiro atoms. The Morgan fingerprint density at radius 3 is 2.62 bits per heavy atom. The molecule has 2 atom stereocenters. The normalized spacial score (nSPS) is 29.0. The molecule has 2 aliphatic rings. The van der Waals surface area contributed by atoms with E-state index in [4.69, 9.17) is 4.74 Å². The van der Waals surface area contributed by atoms with E-state index in [1.807, 2.05) is 36.3 Å². The number of hydrogen-bond acceptors (Lipinski definition) is 5. The Morgan fingerprint density at radius 1 is 1.27 bits per heavy atom. The molecule has 0 saturated carbocycles. The first-order valence-electron chi connectivity index (χ1n) is 9.28.